The van der Waals surface area contributed by atoms with Crippen molar-refractivity contribution in [1.29, 1.82) is 0 Å². The molecule has 2 aliphatic rings. The number of carbonyl (C=O) groups excluding carboxylic acids is 4. The Kier molecular flexibility index (Phi) is 6.01. The summed E-state index contributed by atoms with van der Waals surface area (Å²) in [6.45, 7) is 7.84. The lowest BCUT2D eigenvalue weighted by molar-refractivity contribution is -0.168. The van der Waals surface area contributed by atoms with Crippen LogP contribution in [0.25, 0.3) is 0 Å². The van der Waals surface area contributed by atoms with Gasteiger partial charge in [0.15, 0.2) is 0 Å². The van der Waals surface area contributed by atoms with Gasteiger partial charge in [0.2, 0.25) is 17.7 Å². The highest BCUT2D eigenvalue weighted by molar-refractivity contribution is 6.07. The van der Waals surface area contributed by atoms with Gasteiger partial charge in [0.05, 0.1) is 17.6 Å². The van der Waals surface area contributed by atoms with E-state index in [2.05, 4.69) is 5.32 Å². The van der Waals surface area contributed by atoms with Crippen LogP contribution in [0.3, 0.4) is 0 Å². The molecular weight excluding hydrogens is 384 g/mol. The Balaban J connectivity index is 1.67. The van der Waals surface area contributed by atoms with Gasteiger partial charge in [-0.2, -0.15) is 0 Å². The molecule has 30 heavy (non-hydrogen) atoms. The van der Waals surface area contributed by atoms with E-state index in [-0.39, 0.29) is 24.3 Å². The summed E-state index contributed by atoms with van der Waals surface area (Å²) >= 11 is 0. The minimum atomic E-state index is -0.645. The molecule has 7 nitrogen and oxygen atoms in total. The van der Waals surface area contributed by atoms with Crippen LogP contribution in [0.2, 0.25) is 0 Å². The molecule has 2 atom stereocenters. The zero-order chi connectivity index (χ0) is 22.1. The topological polar surface area (TPSA) is 92.8 Å². The minimum Gasteiger partial charge on any atom is -0.462 e. The van der Waals surface area contributed by atoms with E-state index in [1.54, 1.807) is 18.2 Å². The van der Waals surface area contributed by atoms with Crippen LogP contribution in [-0.4, -0.2) is 41.7 Å². The number of fused-ring (bicyclic) bond motifs is 2. The molecule has 162 valence electrons. The summed E-state index contributed by atoms with van der Waals surface area (Å²) in [4.78, 5) is 51.7. The van der Waals surface area contributed by atoms with Gasteiger partial charge in [0.1, 0.15) is 6.54 Å². The van der Waals surface area contributed by atoms with Crippen LogP contribution in [0.1, 0.15) is 63.7 Å². The van der Waals surface area contributed by atoms with Gasteiger partial charge >= 0.3 is 5.97 Å². The zero-order valence-electron chi connectivity index (χ0n) is 18.1. The van der Waals surface area contributed by atoms with E-state index in [1.165, 1.54) is 6.07 Å². The van der Waals surface area contributed by atoms with Crippen molar-refractivity contribution in [3.8, 4) is 0 Å². The molecule has 2 bridgehead atoms. The number of ether oxygens (including phenoxy) is 1. The molecule has 0 radical (unpaired) electrons. The largest absolute Gasteiger partial charge is 0.462 e. The third-order valence-electron chi connectivity index (χ3n) is 6.92. The molecule has 1 aromatic carbocycles. The number of anilines is 1. The van der Waals surface area contributed by atoms with Crippen molar-refractivity contribution in [2.75, 3.05) is 18.5 Å². The molecule has 1 aliphatic carbocycles. The number of hydrogen-bond acceptors (Lipinski definition) is 5. The smallest absolute Gasteiger partial charge is 0.338 e. The van der Waals surface area contributed by atoms with Gasteiger partial charge in [-0.05, 0) is 42.9 Å². The van der Waals surface area contributed by atoms with Gasteiger partial charge < -0.3 is 10.1 Å². The summed E-state index contributed by atoms with van der Waals surface area (Å²) in [7, 11) is 0. The fraction of sp³-hybridized carbons (Fsp3) is 0.565. The number of benzene rings is 1. The van der Waals surface area contributed by atoms with Crippen LogP contribution in [0.15, 0.2) is 24.3 Å². The number of hydrogen-bond donors (Lipinski definition) is 1. The monoisotopic (exact) mass is 414 g/mol. The minimum absolute atomic E-state index is 0.255. The number of amides is 3. The second-order valence-electron chi connectivity index (χ2n) is 8.99. The van der Waals surface area contributed by atoms with Crippen LogP contribution in [0.5, 0.6) is 0 Å². The SMILES string of the molecule is CCCCOC(=O)c1cccc(NC(=O)CN2C(=O)C3CCC(C)(C2=O)C3(C)C)c1. The maximum absolute atomic E-state index is 13.1. The standard InChI is InChI=1S/C23H30N2O5/c1-5-6-12-30-20(28)15-8-7-9-16(13-15)24-18(26)14-25-19(27)17-10-11-23(4,21(25)29)22(17,2)3/h7-9,13,17H,5-6,10-12,14H2,1-4H3,(H,24,26). The van der Waals surface area contributed by atoms with E-state index < -0.39 is 22.7 Å². The molecule has 3 rings (SSSR count). The highest BCUT2D eigenvalue weighted by atomic mass is 16.5. The number of nitrogens with one attached hydrogen (secondary N) is 1. The van der Waals surface area contributed by atoms with Gasteiger partial charge in [-0.15, -0.1) is 0 Å². The number of piperidine rings is 1. The first kappa shape index (κ1) is 22.0. The van der Waals surface area contributed by atoms with Crippen LogP contribution in [0, 0.1) is 16.7 Å². The van der Waals surface area contributed by atoms with E-state index in [0.29, 0.717) is 30.7 Å². The van der Waals surface area contributed by atoms with Gasteiger partial charge in [-0.3, -0.25) is 19.3 Å². The predicted octanol–water partition coefficient (Wildman–Crippen LogP) is 3.39. The Hall–Kier alpha value is -2.70. The van der Waals surface area contributed by atoms with E-state index >= 15 is 0 Å². The van der Waals surface area contributed by atoms with E-state index in [0.717, 1.165) is 17.7 Å². The number of nitrogens with zero attached hydrogens (tertiary/aromatic N) is 1. The van der Waals surface area contributed by atoms with Gasteiger partial charge in [0, 0.05) is 11.6 Å². The Morgan fingerprint density at radius 1 is 1.23 bits per heavy atom. The quantitative estimate of drug-likeness (QED) is 0.419. The molecule has 1 aliphatic heterocycles. The summed E-state index contributed by atoms with van der Waals surface area (Å²) < 4.78 is 5.19. The first-order valence-corrected chi connectivity index (χ1v) is 10.5. The van der Waals surface area contributed by atoms with Crippen LogP contribution < -0.4 is 5.32 Å². The van der Waals surface area contributed by atoms with Crippen molar-refractivity contribution in [2.24, 2.45) is 16.7 Å². The fourth-order valence-corrected chi connectivity index (χ4v) is 4.51. The predicted molar refractivity (Wildman–Crippen MR) is 112 cm³/mol. The van der Waals surface area contributed by atoms with Gasteiger partial charge in [0.25, 0.3) is 0 Å². The molecule has 1 saturated heterocycles. The van der Waals surface area contributed by atoms with Crippen molar-refractivity contribution < 1.29 is 23.9 Å². The van der Waals surface area contributed by atoms with E-state index in [4.69, 9.17) is 4.74 Å². The third-order valence-corrected chi connectivity index (χ3v) is 6.92. The van der Waals surface area contributed by atoms with Crippen LogP contribution in [0.4, 0.5) is 5.69 Å². The molecule has 1 aromatic rings. The molecule has 3 amide bonds. The second-order valence-corrected chi connectivity index (χ2v) is 8.99. The number of carbonyl (C=O) groups is 4. The number of likely N-dealkylation sites (tertiary alicyclic amines) is 1. The lowest BCUT2D eigenvalue weighted by atomic mass is 9.62. The molecule has 1 saturated carbocycles. The molecule has 7 heteroatoms. The molecule has 1 N–H and O–H groups in total. The number of rotatable bonds is 7. The fourth-order valence-electron chi connectivity index (χ4n) is 4.51. The maximum Gasteiger partial charge on any atom is 0.338 e. The summed E-state index contributed by atoms with van der Waals surface area (Å²) in [6.07, 6.45) is 3.02. The first-order valence-electron chi connectivity index (χ1n) is 10.5. The van der Waals surface area contributed by atoms with Crippen molar-refractivity contribution >= 4 is 29.4 Å². The first-order chi connectivity index (χ1) is 14.1. The Morgan fingerprint density at radius 3 is 2.67 bits per heavy atom. The lowest BCUT2D eigenvalue weighted by Gasteiger charge is -2.47. The Labute approximate surface area is 177 Å². The van der Waals surface area contributed by atoms with E-state index in [9.17, 15) is 19.2 Å². The highest BCUT2D eigenvalue weighted by Crippen LogP contribution is 2.59. The van der Waals surface area contributed by atoms with Gasteiger partial charge in [-0.25, -0.2) is 4.79 Å². The second kappa shape index (κ2) is 8.20. The summed E-state index contributed by atoms with van der Waals surface area (Å²) in [5.41, 5.74) is -0.313. The van der Waals surface area contributed by atoms with Gasteiger partial charge in [-0.1, -0.05) is 40.2 Å². The average molecular weight is 415 g/mol. The number of unbranched alkanes of at least 4 members (excludes halogenated alkanes) is 1. The molecule has 0 aromatic heterocycles. The summed E-state index contributed by atoms with van der Waals surface area (Å²) in [5, 5.41) is 2.68. The third kappa shape index (κ3) is 3.73. The average Bonchev–Trinajstić information content (AvgIpc) is 2.89. The maximum atomic E-state index is 13.1. The number of imide groups is 1. The Morgan fingerprint density at radius 2 is 1.97 bits per heavy atom. The van der Waals surface area contributed by atoms with Crippen LogP contribution >= 0.6 is 0 Å². The number of esters is 1. The normalized spacial score (nSPS) is 24.7. The molecular formula is C23H30N2O5. The van der Waals surface area contributed by atoms with Crippen molar-refractivity contribution in [3.63, 3.8) is 0 Å². The van der Waals surface area contributed by atoms with E-state index in [1.807, 2.05) is 27.7 Å². The molecule has 2 unspecified atom stereocenters. The Bertz CT molecular complexity index is 878. The van der Waals surface area contributed by atoms with Crippen molar-refractivity contribution in [2.45, 2.75) is 53.4 Å². The lowest BCUT2D eigenvalue weighted by Crippen LogP contribution is -2.60. The van der Waals surface area contributed by atoms with Crippen LogP contribution in [-0.2, 0) is 19.1 Å². The summed E-state index contributed by atoms with van der Waals surface area (Å²) in [5.74, 6) is -1.74. The van der Waals surface area contributed by atoms with Crippen molar-refractivity contribution in [3.05, 3.63) is 29.8 Å². The van der Waals surface area contributed by atoms with Crippen molar-refractivity contribution in [1.82, 2.24) is 4.90 Å². The molecule has 2 fully saturated rings. The highest BCUT2D eigenvalue weighted by Gasteiger charge is 2.64. The molecule has 0 spiro atoms. The zero-order valence-corrected chi connectivity index (χ0v) is 18.1. The summed E-state index contributed by atoms with van der Waals surface area (Å²) in [6, 6.07) is 6.43. The molecule has 1 heterocycles.